The van der Waals surface area contributed by atoms with Crippen LogP contribution in [0.2, 0.25) is 0 Å². The maximum absolute atomic E-state index is 12.3. The van der Waals surface area contributed by atoms with E-state index in [0.717, 1.165) is 25.9 Å². The van der Waals surface area contributed by atoms with Crippen LogP contribution in [0.3, 0.4) is 0 Å². The number of halogens is 1. The van der Waals surface area contributed by atoms with Crippen molar-refractivity contribution in [1.82, 2.24) is 10.6 Å². The Labute approximate surface area is 143 Å². The topological polar surface area (TPSA) is 68.8 Å². The second-order valence-electron chi connectivity index (χ2n) is 5.32. The zero-order valence-corrected chi connectivity index (χ0v) is 14.6. The van der Waals surface area contributed by atoms with Crippen LogP contribution in [0, 0.1) is 5.92 Å². The van der Waals surface area contributed by atoms with Gasteiger partial charge in [-0.1, -0.05) is 0 Å². The largest absolute Gasteiger partial charge is 0.493 e. The van der Waals surface area contributed by atoms with E-state index in [1.807, 2.05) is 0 Å². The number of ether oxygens (including phenoxy) is 3. The van der Waals surface area contributed by atoms with Crippen molar-refractivity contribution >= 4 is 18.3 Å². The van der Waals surface area contributed by atoms with E-state index in [1.54, 1.807) is 12.1 Å². The molecule has 0 bridgehead atoms. The lowest BCUT2D eigenvalue weighted by molar-refractivity contribution is 0.0943. The normalized spacial score (nSPS) is 14.6. The number of benzene rings is 1. The average Bonchev–Trinajstić information content (AvgIpc) is 2.59. The molecule has 1 heterocycles. The van der Waals surface area contributed by atoms with E-state index in [0.29, 0.717) is 35.3 Å². The van der Waals surface area contributed by atoms with E-state index in [1.165, 1.54) is 21.3 Å². The predicted molar refractivity (Wildman–Crippen MR) is 91.3 cm³/mol. The number of carbonyl (C=O) groups excluding carboxylic acids is 1. The minimum Gasteiger partial charge on any atom is -0.493 e. The van der Waals surface area contributed by atoms with Gasteiger partial charge in [-0.15, -0.1) is 12.4 Å². The zero-order chi connectivity index (χ0) is 15.9. The highest BCUT2D eigenvalue weighted by Crippen LogP contribution is 2.38. The van der Waals surface area contributed by atoms with Gasteiger partial charge in [-0.2, -0.15) is 0 Å². The maximum Gasteiger partial charge on any atom is 0.251 e. The third-order valence-electron chi connectivity index (χ3n) is 3.94. The van der Waals surface area contributed by atoms with Gasteiger partial charge in [-0.05, 0) is 44.0 Å². The molecule has 0 aromatic heterocycles. The molecule has 0 radical (unpaired) electrons. The SMILES string of the molecule is COc1cc(C(=O)NCC2CCNCC2)cc(OC)c1OC.Cl. The lowest BCUT2D eigenvalue weighted by Gasteiger charge is -2.22. The van der Waals surface area contributed by atoms with Crippen LogP contribution in [-0.4, -0.2) is 46.9 Å². The predicted octanol–water partition coefficient (Wildman–Crippen LogP) is 1.86. The van der Waals surface area contributed by atoms with Gasteiger partial charge in [0.05, 0.1) is 21.3 Å². The third kappa shape index (κ3) is 4.91. The Balaban J connectivity index is 0.00000264. The van der Waals surface area contributed by atoms with E-state index in [2.05, 4.69) is 10.6 Å². The number of hydrogen-bond acceptors (Lipinski definition) is 5. The first-order valence-electron chi connectivity index (χ1n) is 7.48. The fourth-order valence-electron chi connectivity index (χ4n) is 2.64. The van der Waals surface area contributed by atoms with Gasteiger partial charge in [0.15, 0.2) is 11.5 Å². The number of carbonyl (C=O) groups is 1. The highest BCUT2D eigenvalue weighted by atomic mass is 35.5. The van der Waals surface area contributed by atoms with E-state index in [4.69, 9.17) is 14.2 Å². The number of hydrogen-bond donors (Lipinski definition) is 2. The van der Waals surface area contributed by atoms with Crippen molar-refractivity contribution in [2.45, 2.75) is 12.8 Å². The summed E-state index contributed by atoms with van der Waals surface area (Å²) in [6.07, 6.45) is 2.19. The van der Waals surface area contributed by atoms with Crippen LogP contribution in [-0.2, 0) is 0 Å². The number of piperidine rings is 1. The van der Waals surface area contributed by atoms with Crippen molar-refractivity contribution in [2.75, 3.05) is 41.0 Å². The Morgan fingerprint density at radius 1 is 1.13 bits per heavy atom. The maximum atomic E-state index is 12.3. The number of methoxy groups -OCH3 is 3. The fraction of sp³-hybridized carbons (Fsp3) is 0.562. The van der Waals surface area contributed by atoms with Gasteiger partial charge >= 0.3 is 0 Å². The second kappa shape index (κ2) is 9.47. The van der Waals surface area contributed by atoms with Crippen LogP contribution in [0.25, 0.3) is 0 Å². The Morgan fingerprint density at radius 3 is 2.17 bits per heavy atom. The zero-order valence-electron chi connectivity index (χ0n) is 13.8. The summed E-state index contributed by atoms with van der Waals surface area (Å²) in [7, 11) is 4.61. The molecular weight excluding hydrogens is 320 g/mol. The van der Waals surface area contributed by atoms with E-state index in [-0.39, 0.29) is 18.3 Å². The van der Waals surface area contributed by atoms with E-state index >= 15 is 0 Å². The molecule has 2 rings (SSSR count). The molecule has 1 aromatic rings. The quantitative estimate of drug-likeness (QED) is 0.824. The van der Waals surface area contributed by atoms with Gasteiger partial charge in [0.2, 0.25) is 5.75 Å². The van der Waals surface area contributed by atoms with Gasteiger partial charge in [-0.3, -0.25) is 4.79 Å². The molecule has 1 fully saturated rings. The molecule has 0 atom stereocenters. The summed E-state index contributed by atoms with van der Waals surface area (Å²) < 4.78 is 15.8. The van der Waals surface area contributed by atoms with Gasteiger partial charge in [0.1, 0.15) is 0 Å². The molecule has 23 heavy (non-hydrogen) atoms. The summed E-state index contributed by atoms with van der Waals surface area (Å²) in [4.78, 5) is 12.3. The summed E-state index contributed by atoms with van der Waals surface area (Å²) in [5, 5.41) is 6.31. The van der Waals surface area contributed by atoms with Crippen LogP contribution in [0.1, 0.15) is 23.2 Å². The average molecular weight is 345 g/mol. The monoisotopic (exact) mass is 344 g/mol. The first kappa shape index (κ1) is 19.4. The van der Waals surface area contributed by atoms with Crippen LogP contribution in [0.4, 0.5) is 0 Å². The summed E-state index contributed by atoms with van der Waals surface area (Å²) in [6, 6.07) is 3.33. The van der Waals surface area contributed by atoms with Gasteiger partial charge in [0, 0.05) is 12.1 Å². The smallest absolute Gasteiger partial charge is 0.251 e. The first-order chi connectivity index (χ1) is 10.7. The Morgan fingerprint density at radius 2 is 1.70 bits per heavy atom. The fourth-order valence-corrected chi connectivity index (χ4v) is 2.64. The third-order valence-corrected chi connectivity index (χ3v) is 3.94. The summed E-state index contributed by atoms with van der Waals surface area (Å²) in [6.45, 7) is 2.73. The number of nitrogens with one attached hydrogen (secondary N) is 2. The molecule has 130 valence electrons. The molecule has 2 N–H and O–H groups in total. The minimum absolute atomic E-state index is 0. The molecule has 1 aliphatic heterocycles. The van der Waals surface area contributed by atoms with Crippen molar-refractivity contribution in [3.8, 4) is 17.2 Å². The van der Waals surface area contributed by atoms with Crippen molar-refractivity contribution in [1.29, 1.82) is 0 Å². The summed E-state index contributed by atoms with van der Waals surface area (Å²) >= 11 is 0. The highest BCUT2D eigenvalue weighted by Gasteiger charge is 2.18. The molecule has 1 amide bonds. The van der Waals surface area contributed by atoms with Crippen LogP contribution in [0.15, 0.2) is 12.1 Å². The molecule has 1 aromatic carbocycles. The lowest BCUT2D eigenvalue weighted by Crippen LogP contribution is -2.36. The van der Waals surface area contributed by atoms with Crippen molar-refractivity contribution in [3.05, 3.63) is 17.7 Å². The second-order valence-corrected chi connectivity index (χ2v) is 5.32. The van der Waals surface area contributed by atoms with Crippen molar-refractivity contribution < 1.29 is 19.0 Å². The molecule has 1 aliphatic rings. The lowest BCUT2D eigenvalue weighted by atomic mass is 9.98. The number of amides is 1. The Bertz CT molecular complexity index is 494. The van der Waals surface area contributed by atoms with Crippen LogP contribution >= 0.6 is 12.4 Å². The molecule has 6 nitrogen and oxygen atoms in total. The molecular formula is C16H25ClN2O4. The highest BCUT2D eigenvalue weighted by molar-refractivity contribution is 5.95. The minimum atomic E-state index is -0.127. The van der Waals surface area contributed by atoms with Crippen LogP contribution in [0.5, 0.6) is 17.2 Å². The first-order valence-corrected chi connectivity index (χ1v) is 7.48. The molecule has 0 spiro atoms. The van der Waals surface area contributed by atoms with Crippen molar-refractivity contribution in [2.24, 2.45) is 5.92 Å². The van der Waals surface area contributed by atoms with E-state index < -0.39 is 0 Å². The van der Waals surface area contributed by atoms with Gasteiger partial charge < -0.3 is 24.8 Å². The molecule has 1 saturated heterocycles. The van der Waals surface area contributed by atoms with Crippen LogP contribution < -0.4 is 24.8 Å². The Kier molecular flexibility index (Phi) is 7.98. The van der Waals surface area contributed by atoms with Gasteiger partial charge in [-0.25, -0.2) is 0 Å². The van der Waals surface area contributed by atoms with Crippen molar-refractivity contribution in [3.63, 3.8) is 0 Å². The molecule has 0 saturated carbocycles. The van der Waals surface area contributed by atoms with Gasteiger partial charge in [0.25, 0.3) is 5.91 Å². The molecule has 0 unspecified atom stereocenters. The summed E-state index contributed by atoms with van der Waals surface area (Å²) in [5.74, 6) is 1.85. The molecule has 7 heteroatoms. The number of rotatable bonds is 6. The standard InChI is InChI=1S/C16H24N2O4.ClH/c1-20-13-8-12(9-14(21-2)15(13)22-3)16(19)18-10-11-4-6-17-7-5-11;/h8-9,11,17H,4-7,10H2,1-3H3,(H,18,19);1H. The summed E-state index contributed by atoms with van der Waals surface area (Å²) in [5.41, 5.74) is 0.503. The molecule has 0 aliphatic carbocycles. The van der Waals surface area contributed by atoms with E-state index in [9.17, 15) is 4.79 Å². The Hall–Kier alpha value is -1.66.